The summed E-state index contributed by atoms with van der Waals surface area (Å²) in [5, 5.41) is 23.2. The van der Waals surface area contributed by atoms with E-state index in [0.717, 1.165) is 43.8 Å². The third-order valence-corrected chi connectivity index (χ3v) is 5.66. The van der Waals surface area contributed by atoms with Crippen LogP contribution in [0.25, 0.3) is 49.8 Å². The molecule has 0 atom stereocenters. The van der Waals surface area contributed by atoms with E-state index in [9.17, 15) is 10.5 Å². The van der Waals surface area contributed by atoms with Crippen molar-refractivity contribution in [2.24, 2.45) is 0 Å². The number of hydrogen-bond donors (Lipinski definition) is 0. The molecule has 0 aliphatic heterocycles. The predicted molar refractivity (Wildman–Crippen MR) is 124 cm³/mol. The minimum Gasteiger partial charge on any atom is -0.232 e. The van der Waals surface area contributed by atoms with Crippen LogP contribution in [-0.2, 0) is 0 Å². The van der Waals surface area contributed by atoms with E-state index in [4.69, 9.17) is 0 Å². The maximum Gasteiger partial charge on any atom is 0.177 e. The molecule has 0 unspecified atom stereocenters. The summed E-state index contributed by atoms with van der Waals surface area (Å²) in [7, 11) is 0. The van der Waals surface area contributed by atoms with Crippen LogP contribution in [0.3, 0.4) is 0 Å². The summed E-state index contributed by atoms with van der Waals surface area (Å²) < 4.78 is 0. The van der Waals surface area contributed by atoms with Crippen molar-refractivity contribution in [2.75, 3.05) is 0 Å². The Morgan fingerprint density at radius 2 is 1.39 bits per heavy atom. The van der Waals surface area contributed by atoms with Gasteiger partial charge in [0.05, 0.1) is 11.0 Å². The van der Waals surface area contributed by atoms with Crippen molar-refractivity contribution in [1.82, 2.24) is 9.97 Å². The van der Waals surface area contributed by atoms with Gasteiger partial charge < -0.3 is 0 Å². The first-order valence-electron chi connectivity index (χ1n) is 9.85. The van der Waals surface area contributed by atoms with Gasteiger partial charge in [0, 0.05) is 10.9 Å². The van der Waals surface area contributed by atoms with Crippen LogP contribution in [0, 0.1) is 29.6 Å². The van der Waals surface area contributed by atoms with Crippen molar-refractivity contribution in [1.29, 1.82) is 10.5 Å². The second kappa shape index (κ2) is 7.06. The zero-order chi connectivity index (χ0) is 21.5. The third-order valence-electron chi connectivity index (χ3n) is 5.66. The highest BCUT2D eigenvalue weighted by atomic mass is 14.8. The zero-order valence-corrected chi connectivity index (χ0v) is 16.8. The Balaban J connectivity index is 2.11. The van der Waals surface area contributed by atoms with E-state index in [1.165, 1.54) is 0 Å². The van der Waals surface area contributed by atoms with E-state index in [1.54, 1.807) is 0 Å². The minimum atomic E-state index is 0.0278. The first-order chi connectivity index (χ1) is 15.2. The molecule has 4 nitrogen and oxygen atoms in total. The van der Waals surface area contributed by atoms with Crippen molar-refractivity contribution >= 4 is 38.7 Å². The number of aryl methyl sites for hydroxylation is 1. The molecular weight excluding hydrogens is 380 g/mol. The number of nitrogens with zero attached hydrogens (tertiary/aromatic N) is 4. The maximum atomic E-state index is 9.58. The second-order valence-electron chi connectivity index (χ2n) is 7.39. The quantitative estimate of drug-likeness (QED) is 0.259. The average molecular weight is 396 g/mol. The standard InChI is InChI=1S/C27H16N4/c1-3-19-21-12-17-9-5-6-10-18(17)13-22(21)26-27(31-24(15-29)23(14-28)30-26)25(19)20-11-7-4-8-16(20)2/h3-13H,1H2,2H3. The molecule has 0 bridgehead atoms. The van der Waals surface area contributed by atoms with Crippen LogP contribution in [-0.4, -0.2) is 9.97 Å². The number of nitriles is 2. The van der Waals surface area contributed by atoms with Crippen LogP contribution in [0.2, 0.25) is 0 Å². The van der Waals surface area contributed by atoms with E-state index in [-0.39, 0.29) is 11.4 Å². The lowest BCUT2D eigenvalue weighted by molar-refractivity contribution is 1.20. The molecule has 0 N–H and O–H groups in total. The molecule has 0 fully saturated rings. The zero-order valence-electron chi connectivity index (χ0n) is 16.8. The summed E-state index contributed by atoms with van der Waals surface area (Å²) in [5.41, 5.74) is 5.16. The van der Waals surface area contributed by atoms with Gasteiger partial charge in [0.25, 0.3) is 0 Å². The molecular formula is C27H16N4. The summed E-state index contributed by atoms with van der Waals surface area (Å²) in [5.74, 6) is 0. The number of benzene rings is 4. The van der Waals surface area contributed by atoms with Crippen molar-refractivity contribution in [3.63, 3.8) is 0 Å². The molecule has 5 rings (SSSR count). The highest BCUT2D eigenvalue weighted by Gasteiger charge is 2.20. The van der Waals surface area contributed by atoms with Gasteiger partial charge in [-0.1, -0.05) is 61.2 Å². The van der Waals surface area contributed by atoms with Crippen molar-refractivity contribution in [2.45, 2.75) is 6.92 Å². The maximum absolute atomic E-state index is 9.58. The number of hydrogen-bond acceptors (Lipinski definition) is 4. The second-order valence-corrected chi connectivity index (χ2v) is 7.39. The van der Waals surface area contributed by atoms with Crippen LogP contribution in [0.15, 0.2) is 67.2 Å². The van der Waals surface area contributed by atoms with Crippen LogP contribution >= 0.6 is 0 Å². The number of rotatable bonds is 2. The van der Waals surface area contributed by atoms with Gasteiger partial charge in [0.1, 0.15) is 12.1 Å². The summed E-state index contributed by atoms with van der Waals surface area (Å²) in [6, 6.07) is 24.4. The van der Waals surface area contributed by atoms with Crippen LogP contribution in [0.5, 0.6) is 0 Å². The van der Waals surface area contributed by atoms with Gasteiger partial charge in [-0.25, -0.2) is 9.97 Å². The SMILES string of the molecule is C=Cc1c(-c2ccccc2C)c2nc(C#N)c(C#N)nc2c2cc3ccccc3cc12. The smallest absolute Gasteiger partial charge is 0.177 e. The van der Waals surface area contributed by atoms with E-state index in [1.807, 2.05) is 67.6 Å². The number of aromatic nitrogens is 2. The van der Waals surface area contributed by atoms with E-state index < -0.39 is 0 Å². The molecule has 0 radical (unpaired) electrons. The molecule has 0 aliphatic carbocycles. The minimum absolute atomic E-state index is 0.0278. The van der Waals surface area contributed by atoms with Gasteiger partial charge >= 0.3 is 0 Å². The number of fused-ring (bicyclic) bond motifs is 4. The first kappa shape index (κ1) is 18.5. The Labute approximate surface area is 179 Å². The fraction of sp³-hybridized carbons (Fsp3) is 0.0370. The molecule has 4 heteroatoms. The molecule has 0 aliphatic rings. The normalized spacial score (nSPS) is 10.8. The molecule has 4 aromatic carbocycles. The molecule has 1 aromatic heterocycles. The molecule has 0 saturated carbocycles. The van der Waals surface area contributed by atoms with E-state index in [0.29, 0.717) is 11.0 Å². The summed E-state index contributed by atoms with van der Waals surface area (Å²) in [4.78, 5) is 9.24. The van der Waals surface area contributed by atoms with Gasteiger partial charge in [-0.2, -0.15) is 10.5 Å². The van der Waals surface area contributed by atoms with Crippen LogP contribution in [0.1, 0.15) is 22.5 Å². The highest BCUT2D eigenvalue weighted by molar-refractivity contribution is 6.18. The Bertz CT molecular complexity index is 1630. The largest absolute Gasteiger partial charge is 0.232 e. The monoisotopic (exact) mass is 396 g/mol. The van der Waals surface area contributed by atoms with Crippen molar-refractivity contribution < 1.29 is 0 Å². The van der Waals surface area contributed by atoms with Crippen molar-refractivity contribution in [3.8, 4) is 23.3 Å². The summed E-state index contributed by atoms with van der Waals surface area (Å²) in [6.07, 6.45) is 1.84. The lowest BCUT2D eigenvalue weighted by Gasteiger charge is -2.17. The first-order valence-corrected chi connectivity index (χ1v) is 9.85. The summed E-state index contributed by atoms with van der Waals surface area (Å²) >= 11 is 0. The van der Waals surface area contributed by atoms with Crippen LogP contribution in [0.4, 0.5) is 0 Å². The topological polar surface area (TPSA) is 73.4 Å². The molecule has 0 spiro atoms. The van der Waals surface area contributed by atoms with Gasteiger partial charge in [-0.3, -0.25) is 0 Å². The molecule has 0 amide bonds. The Morgan fingerprint density at radius 1 is 0.806 bits per heavy atom. The molecule has 0 saturated heterocycles. The fourth-order valence-electron chi connectivity index (χ4n) is 4.21. The van der Waals surface area contributed by atoms with Crippen LogP contribution < -0.4 is 0 Å². The van der Waals surface area contributed by atoms with E-state index in [2.05, 4.69) is 34.7 Å². The Morgan fingerprint density at radius 3 is 2.00 bits per heavy atom. The fourth-order valence-corrected chi connectivity index (χ4v) is 4.21. The lowest BCUT2D eigenvalue weighted by atomic mass is 9.88. The Hall–Kier alpha value is -4.54. The van der Waals surface area contributed by atoms with Crippen molar-refractivity contribution in [3.05, 3.63) is 89.8 Å². The van der Waals surface area contributed by atoms with Gasteiger partial charge in [-0.15, -0.1) is 0 Å². The molecule has 5 aromatic rings. The Kier molecular flexibility index (Phi) is 4.21. The molecule has 1 heterocycles. The van der Waals surface area contributed by atoms with Gasteiger partial charge in [0.15, 0.2) is 11.4 Å². The van der Waals surface area contributed by atoms with Gasteiger partial charge in [-0.05, 0) is 51.9 Å². The molecule has 31 heavy (non-hydrogen) atoms. The lowest BCUT2D eigenvalue weighted by Crippen LogP contribution is -2.01. The average Bonchev–Trinajstić information content (AvgIpc) is 2.81. The van der Waals surface area contributed by atoms with Gasteiger partial charge in [0.2, 0.25) is 0 Å². The third kappa shape index (κ3) is 2.74. The molecule has 144 valence electrons. The van der Waals surface area contributed by atoms with E-state index >= 15 is 0 Å². The highest BCUT2D eigenvalue weighted by Crippen LogP contribution is 2.41. The predicted octanol–water partition coefficient (Wildman–Crippen LogP) is 6.30. The summed E-state index contributed by atoms with van der Waals surface area (Å²) in [6.45, 7) is 6.14.